The van der Waals surface area contributed by atoms with Gasteiger partial charge in [0.05, 0.1) is 0 Å². The number of rotatable bonds is 18. The van der Waals surface area contributed by atoms with Gasteiger partial charge in [0.1, 0.15) is 0 Å². The molecule has 0 radical (unpaired) electrons. The largest absolute Gasteiger partial charge is 0.103 e. The SMILES string of the molecule is C=CC(CCCCCCCC)C(C)(C)CCCCCCCCCC. The van der Waals surface area contributed by atoms with Crippen molar-refractivity contribution >= 4 is 0 Å². The molecule has 0 saturated carbocycles. The molecule has 0 heteroatoms. The zero-order valence-electron chi connectivity index (χ0n) is 17.7. The van der Waals surface area contributed by atoms with Crippen LogP contribution in [0.1, 0.15) is 130 Å². The molecule has 0 heterocycles. The van der Waals surface area contributed by atoms with E-state index in [-0.39, 0.29) is 0 Å². The third kappa shape index (κ3) is 13.1. The van der Waals surface area contributed by atoms with Gasteiger partial charge in [-0.05, 0) is 24.2 Å². The van der Waals surface area contributed by atoms with Gasteiger partial charge < -0.3 is 0 Å². The monoisotopic (exact) mass is 336 g/mol. The molecule has 0 nitrogen and oxygen atoms in total. The van der Waals surface area contributed by atoms with Crippen LogP contribution < -0.4 is 0 Å². The Hall–Kier alpha value is -0.260. The van der Waals surface area contributed by atoms with Crippen LogP contribution >= 0.6 is 0 Å². The Morgan fingerprint density at radius 2 is 1.08 bits per heavy atom. The van der Waals surface area contributed by atoms with E-state index in [0.29, 0.717) is 11.3 Å². The van der Waals surface area contributed by atoms with E-state index in [1.54, 1.807) is 0 Å². The van der Waals surface area contributed by atoms with Crippen molar-refractivity contribution < 1.29 is 0 Å². The molecule has 0 bridgehead atoms. The first kappa shape index (κ1) is 23.7. The van der Waals surface area contributed by atoms with E-state index in [1.165, 1.54) is 103 Å². The molecule has 0 aromatic heterocycles. The Morgan fingerprint density at radius 1 is 0.667 bits per heavy atom. The van der Waals surface area contributed by atoms with Gasteiger partial charge in [0.15, 0.2) is 0 Å². The normalized spacial score (nSPS) is 13.2. The third-order valence-corrected chi connectivity index (χ3v) is 5.83. The minimum absolute atomic E-state index is 0.438. The average Bonchev–Trinajstić information content (AvgIpc) is 2.56. The van der Waals surface area contributed by atoms with Gasteiger partial charge in [0.25, 0.3) is 0 Å². The molecule has 0 aliphatic heterocycles. The Morgan fingerprint density at radius 3 is 1.54 bits per heavy atom. The molecule has 0 fully saturated rings. The lowest BCUT2D eigenvalue weighted by molar-refractivity contribution is 0.214. The smallest absolute Gasteiger partial charge is 0.0185 e. The zero-order chi connectivity index (χ0) is 18.1. The topological polar surface area (TPSA) is 0 Å². The van der Waals surface area contributed by atoms with Crippen LogP contribution in [0.25, 0.3) is 0 Å². The summed E-state index contributed by atoms with van der Waals surface area (Å²) in [4.78, 5) is 0. The van der Waals surface area contributed by atoms with Gasteiger partial charge in [-0.25, -0.2) is 0 Å². The van der Waals surface area contributed by atoms with Gasteiger partial charge in [-0.1, -0.05) is 124 Å². The summed E-state index contributed by atoms with van der Waals surface area (Å²) in [5.41, 5.74) is 0.438. The molecule has 0 aromatic carbocycles. The first-order valence-corrected chi connectivity index (χ1v) is 11.2. The summed E-state index contributed by atoms with van der Waals surface area (Å²) in [6, 6.07) is 0. The highest BCUT2D eigenvalue weighted by atomic mass is 14.3. The molecule has 0 saturated heterocycles. The Kier molecular flexibility index (Phi) is 16.0. The van der Waals surface area contributed by atoms with Gasteiger partial charge in [-0.3, -0.25) is 0 Å². The molecule has 0 N–H and O–H groups in total. The second kappa shape index (κ2) is 16.2. The molecule has 0 aromatic rings. The van der Waals surface area contributed by atoms with Crippen molar-refractivity contribution in [2.24, 2.45) is 11.3 Å². The van der Waals surface area contributed by atoms with E-state index in [4.69, 9.17) is 0 Å². The quantitative estimate of drug-likeness (QED) is 0.173. The molecule has 1 unspecified atom stereocenters. The van der Waals surface area contributed by atoms with Crippen molar-refractivity contribution in [2.75, 3.05) is 0 Å². The Labute approximate surface area is 154 Å². The third-order valence-electron chi connectivity index (χ3n) is 5.83. The van der Waals surface area contributed by atoms with Gasteiger partial charge in [0.2, 0.25) is 0 Å². The first-order valence-electron chi connectivity index (χ1n) is 11.2. The van der Waals surface area contributed by atoms with Gasteiger partial charge in [0, 0.05) is 0 Å². The standard InChI is InChI=1S/C24H48/c1-6-9-11-13-15-16-18-20-22-24(4,5)23(8-3)21-19-17-14-12-10-7-2/h8,23H,3,6-7,9-22H2,1-2,4-5H3. The summed E-state index contributed by atoms with van der Waals surface area (Å²) in [6.45, 7) is 13.7. The molecule has 0 aliphatic carbocycles. The van der Waals surface area contributed by atoms with Gasteiger partial charge in [-0.15, -0.1) is 6.58 Å². The van der Waals surface area contributed by atoms with Crippen molar-refractivity contribution in [3.05, 3.63) is 12.7 Å². The van der Waals surface area contributed by atoms with Crippen LogP contribution in [0.15, 0.2) is 12.7 Å². The lowest BCUT2D eigenvalue weighted by Crippen LogP contribution is -2.22. The van der Waals surface area contributed by atoms with Crippen molar-refractivity contribution in [1.29, 1.82) is 0 Å². The maximum Gasteiger partial charge on any atom is -0.0185 e. The summed E-state index contributed by atoms with van der Waals surface area (Å²) in [7, 11) is 0. The molecule has 0 spiro atoms. The maximum absolute atomic E-state index is 4.14. The molecular weight excluding hydrogens is 288 g/mol. The number of unbranched alkanes of at least 4 members (excludes halogenated alkanes) is 12. The number of hydrogen-bond acceptors (Lipinski definition) is 0. The highest BCUT2D eigenvalue weighted by Gasteiger charge is 2.26. The summed E-state index contributed by atoms with van der Waals surface area (Å²) in [5.74, 6) is 0.702. The summed E-state index contributed by atoms with van der Waals surface area (Å²) in [6.07, 6.45) is 24.8. The van der Waals surface area contributed by atoms with Crippen LogP contribution in [-0.2, 0) is 0 Å². The van der Waals surface area contributed by atoms with Crippen molar-refractivity contribution in [1.82, 2.24) is 0 Å². The molecule has 0 amide bonds. The molecule has 24 heavy (non-hydrogen) atoms. The second-order valence-corrected chi connectivity index (χ2v) is 8.61. The van der Waals surface area contributed by atoms with E-state index in [0.717, 1.165) is 0 Å². The van der Waals surface area contributed by atoms with Crippen LogP contribution in [0, 0.1) is 11.3 Å². The highest BCUT2D eigenvalue weighted by molar-refractivity contribution is 4.90. The Balaban J connectivity index is 3.77. The van der Waals surface area contributed by atoms with E-state index in [9.17, 15) is 0 Å². The lowest BCUT2D eigenvalue weighted by atomic mass is 9.73. The summed E-state index contributed by atoms with van der Waals surface area (Å²) >= 11 is 0. The Bertz CT molecular complexity index is 263. The van der Waals surface area contributed by atoms with E-state index in [2.05, 4.69) is 40.3 Å². The van der Waals surface area contributed by atoms with Crippen molar-refractivity contribution in [3.8, 4) is 0 Å². The molecule has 0 aliphatic rings. The highest BCUT2D eigenvalue weighted by Crippen LogP contribution is 2.37. The minimum Gasteiger partial charge on any atom is -0.103 e. The van der Waals surface area contributed by atoms with Crippen molar-refractivity contribution in [2.45, 2.75) is 130 Å². The van der Waals surface area contributed by atoms with Crippen LogP contribution in [0.3, 0.4) is 0 Å². The van der Waals surface area contributed by atoms with E-state index < -0.39 is 0 Å². The number of hydrogen-bond donors (Lipinski definition) is 0. The predicted octanol–water partition coefficient (Wildman–Crippen LogP) is 9.10. The minimum atomic E-state index is 0.438. The maximum atomic E-state index is 4.14. The van der Waals surface area contributed by atoms with E-state index in [1.807, 2.05) is 0 Å². The van der Waals surface area contributed by atoms with Crippen LogP contribution in [0.2, 0.25) is 0 Å². The fourth-order valence-electron chi connectivity index (χ4n) is 3.87. The fraction of sp³-hybridized carbons (Fsp3) is 0.917. The van der Waals surface area contributed by atoms with Gasteiger partial charge >= 0.3 is 0 Å². The van der Waals surface area contributed by atoms with Gasteiger partial charge in [-0.2, -0.15) is 0 Å². The number of allylic oxidation sites excluding steroid dienone is 1. The first-order chi connectivity index (χ1) is 11.6. The molecular formula is C24H48. The predicted molar refractivity (Wildman–Crippen MR) is 113 cm³/mol. The van der Waals surface area contributed by atoms with Crippen molar-refractivity contribution in [3.63, 3.8) is 0 Å². The molecule has 144 valence electrons. The summed E-state index contributed by atoms with van der Waals surface area (Å²) in [5, 5.41) is 0. The molecule has 1 atom stereocenters. The van der Waals surface area contributed by atoms with Crippen LogP contribution in [0.4, 0.5) is 0 Å². The second-order valence-electron chi connectivity index (χ2n) is 8.61. The zero-order valence-corrected chi connectivity index (χ0v) is 17.7. The molecule has 0 rings (SSSR count). The fourth-order valence-corrected chi connectivity index (χ4v) is 3.87. The average molecular weight is 337 g/mol. The summed E-state index contributed by atoms with van der Waals surface area (Å²) < 4.78 is 0. The lowest BCUT2D eigenvalue weighted by Gasteiger charge is -2.33. The van der Waals surface area contributed by atoms with Crippen LogP contribution in [0.5, 0.6) is 0 Å². The van der Waals surface area contributed by atoms with E-state index >= 15 is 0 Å². The van der Waals surface area contributed by atoms with Crippen LogP contribution in [-0.4, -0.2) is 0 Å².